The van der Waals surface area contributed by atoms with Crippen molar-refractivity contribution in [3.63, 3.8) is 0 Å². The van der Waals surface area contributed by atoms with Crippen LogP contribution in [0.25, 0.3) is 0 Å². The van der Waals surface area contributed by atoms with E-state index in [9.17, 15) is 8.42 Å². The molecular formula is C9H10O4S4. The lowest BCUT2D eigenvalue weighted by atomic mass is 10.2. The average molecular weight is 310 g/mol. The molecule has 0 radical (unpaired) electrons. The van der Waals surface area contributed by atoms with Gasteiger partial charge in [-0.25, -0.2) is 0 Å². The first-order valence-corrected chi connectivity index (χ1v) is 9.55. The zero-order chi connectivity index (χ0) is 12.5. The van der Waals surface area contributed by atoms with Crippen LogP contribution in [0.1, 0.15) is 5.56 Å². The molecule has 2 rings (SSSR count). The van der Waals surface area contributed by atoms with E-state index in [1.807, 2.05) is 30.5 Å². The predicted octanol–water partition coefficient (Wildman–Crippen LogP) is 2.64. The Balaban J connectivity index is 2.37. The van der Waals surface area contributed by atoms with Crippen molar-refractivity contribution in [2.24, 2.45) is 0 Å². The molecule has 1 atom stereocenters. The maximum Gasteiger partial charge on any atom is 0.410 e. The van der Waals surface area contributed by atoms with Crippen LogP contribution in [0.3, 0.4) is 0 Å². The van der Waals surface area contributed by atoms with Crippen molar-refractivity contribution in [3.05, 3.63) is 29.8 Å². The molecule has 1 aliphatic rings. The molecule has 0 spiro atoms. The molecule has 0 saturated carbocycles. The minimum atomic E-state index is -3.91. The maximum absolute atomic E-state index is 11.3. The smallest absolute Gasteiger partial charge is 0.251 e. The molecule has 1 unspecified atom stereocenters. The van der Waals surface area contributed by atoms with Crippen molar-refractivity contribution >= 4 is 46.9 Å². The highest BCUT2D eigenvalue weighted by atomic mass is 33.1. The van der Waals surface area contributed by atoms with E-state index in [1.54, 1.807) is 0 Å². The van der Waals surface area contributed by atoms with Gasteiger partial charge in [-0.05, 0) is 23.1 Å². The van der Waals surface area contributed by atoms with Gasteiger partial charge in [0.15, 0.2) is 0 Å². The summed E-state index contributed by atoms with van der Waals surface area (Å²) >= 11 is 1.50. The van der Waals surface area contributed by atoms with Crippen molar-refractivity contribution in [1.82, 2.24) is 0 Å². The molecule has 8 heteroatoms. The van der Waals surface area contributed by atoms with Gasteiger partial charge in [-0.1, -0.05) is 18.2 Å². The molecule has 0 aromatic heterocycles. The second-order valence-electron chi connectivity index (χ2n) is 2.95. The molecule has 0 amide bonds. The molecule has 0 aliphatic carbocycles. The lowest BCUT2D eigenvalue weighted by Gasteiger charge is -2.05. The Labute approximate surface area is 111 Å². The van der Waals surface area contributed by atoms with Crippen LogP contribution in [0.4, 0.5) is 0 Å². The average Bonchev–Trinajstić information content (AvgIpc) is 2.65. The number of thioether (sulfide) groups is 1. The highest BCUT2D eigenvalue weighted by Crippen LogP contribution is 2.51. The first-order valence-electron chi connectivity index (χ1n) is 4.51. The summed E-state index contributed by atoms with van der Waals surface area (Å²) in [4.78, 5) is 1.03. The van der Waals surface area contributed by atoms with Crippen LogP contribution < -0.4 is 0 Å². The zero-order valence-corrected chi connectivity index (χ0v) is 12.3. The first kappa shape index (κ1) is 13.4. The highest BCUT2D eigenvalue weighted by Gasteiger charge is 2.26. The third-order valence-electron chi connectivity index (χ3n) is 1.96. The van der Waals surface area contributed by atoms with E-state index in [0.29, 0.717) is 0 Å². The van der Waals surface area contributed by atoms with E-state index >= 15 is 0 Å². The van der Waals surface area contributed by atoms with Crippen LogP contribution in [0, 0.1) is 0 Å². The zero-order valence-electron chi connectivity index (χ0n) is 9.08. The lowest BCUT2D eigenvalue weighted by molar-refractivity contribution is 0.344. The fourth-order valence-electron chi connectivity index (χ4n) is 1.24. The fraction of sp³-hybridized carbons (Fsp3) is 0.222. The number of hydrogen-bond acceptors (Lipinski definition) is 6. The van der Waals surface area contributed by atoms with Gasteiger partial charge in [-0.15, -0.1) is 11.8 Å². The van der Waals surface area contributed by atoms with E-state index in [0.717, 1.165) is 21.8 Å². The number of fused-ring (bicyclic) bond motifs is 1. The van der Waals surface area contributed by atoms with Crippen molar-refractivity contribution in [3.8, 4) is 0 Å². The van der Waals surface area contributed by atoms with Gasteiger partial charge in [-0.3, -0.25) is 4.18 Å². The fourth-order valence-corrected chi connectivity index (χ4v) is 7.94. The minimum Gasteiger partial charge on any atom is -0.251 e. The SMILES string of the molecule is COS(=O)(=O)OS1=C(SC)c2ccccc2S1. The summed E-state index contributed by atoms with van der Waals surface area (Å²) < 4.78 is 32.8. The van der Waals surface area contributed by atoms with E-state index in [1.165, 1.54) is 22.6 Å². The summed E-state index contributed by atoms with van der Waals surface area (Å²) in [6.07, 6.45) is 1.90. The molecule has 94 valence electrons. The minimum absolute atomic E-state index is 0.848. The number of benzene rings is 1. The third-order valence-corrected chi connectivity index (χ3v) is 8.59. The van der Waals surface area contributed by atoms with E-state index in [-0.39, 0.29) is 0 Å². The van der Waals surface area contributed by atoms with Crippen molar-refractivity contribution in [1.29, 1.82) is 0 Å². The maximum atomic E-state index is 11.3. The standard InChI is InChI=1S/C9H10O4S4/c1-12-17(10,11)13-16-9(14-2)7-5-3-4-6-8(7)15-16/h3-6H,1-2H3. The Hall–Kier alpha value is 0.01000. The molecule has 0 bridgehead atoms. The largest absolute Gasteiger partial charge is 0.410 e. The highest BCUT2D eigenvalue weighted by molar-refractivity contribution is 8.85. The summed E-state index contributed by atoms with van der Waals surface area (Å²) in [7, 11) is -2.27. The van der Waals surface area contributed by atoms with Gasteiger partial charge >= 0.3 is 10.4 Å². The van der Waals surface area contributed by atoms with Crippen molar-refractivity contribution in [2.75, 3.05) is 13.4 Å². The first-order chi connectivity index (χ1) is 8.07. The van der Waals surface area contributed by atoms with Gasteiger partial charge in [0, 0.05) is 20.3 Å². The van der Waals surface area contributed by atoms with Crippen LogP contribution in [0.2, 0.25) is 0 Å². The molecule has 0 fully saturated rings. The van der Waals surface area contributed by atoms with Gasteiger partial charge in [-0.2, -0.15) is 12.0 Å². The topological polar surface area (TPSA) is 52.6 Å². The van der Waals surface area contributed by atoms with Crippen LogP contribution in [-0.4, -0.2) is 26.0 Å². The molecule has 0 N–H and O–H groups in total. The van der Waals surface area contributed by atoms with E-state index in [2.05, 4.69) is 4.18 Å². The molecule has 1 heterocycles. The van der Waals surface area contributed by atoms with Crippen molar-refractivity contribution in [2.45, 2.75) is 4.90 Å². The summed E-state index contributed by atoms with van der Waals surface area (Å²) in [5.41, 5.74) is 1.04. The second-order valence-corrected chi connectivity index (χ2v) is 8.61. The number of hydrogen-bond donors (Lipinski definition) is 0. The van der Waals surface area contributed by atoms with Crippen LogP contribution >= 0.6 is 32.4 Å². The molecule has 17 heavy (non-hydrogen) atoms. The normalized spacial score (nSPS) is 19.4. The van der Waals surface area contributed by atoms with Crippen LogP contribution in [0.5, 0.6) is 0 Å². The molecule has 1 aliphatic heterocycles. The third kappa shape index (κ3) is 2.88. The summed E-state index contributed by atoms with van der Waals surface area (Å²) in [5, 5.41) is 0. The quantitative estimate of drug-likeness (QED) is 0.632. The van der Waals surface area contributed by atoms with E-state index in [4.69, 9.17) is 3.63 Å². The summed E-state index contributed by atoms with van der Waals surface area (Å²) in [6, 6.07) is 7.75. The number of rotatable bonds is 3. The predicted molar refractivity (Wildman–Crippen MR) is 74.5 cm³/mol. The summed E-state index contributed by atoms with van der Waals surface area (Å²) in [6.45, 7) is 0. The Bertz CT molecular complexity index is 564. The summed E-state index contributed by atoms with van der Waals surface area (Å²) in [5.74, 6) is 0. The molecule has 1 aromatic rings. The van der Waals surface area contributed by atoms with Gasteiger partial charge in [0.05, 0.1) is 11.3 Å². The monoisotopic (exact) mass is 310 g/mol. The molecule has 0 saturated heterocycles. The Morgan fingerprint density at radius 1 is 1.35 bits per heavy atom. The molecule has 1 aromatic carbocycles. The Kier molecular flexibility index (Phi) is 4.22. The Morgan fingerprint density at radius 3 is 2.71 bits per heavy atom. The van der Waals surface area contributed by atoms with E-state index < -0.39 is 20.2 Å². The van der Waals surface area contributed by atoms with Gasteiger partial charge < -0.3 is 0 Å². The van der Waals surface area contributed by atoms with Gasteiger partial charge in [0.2, 0.25) is 0 Å². The lowest BCUT2D eigenvalue weighted by Crippen LogP contribution is -2.03. The van der Waals surface area contributed by atoms with Crippen LogP contribution in [0.15, 0.2) is 29.2 Å². The molecule has 4 nitrogen and oxygen atoms in total. The van der Waals surface area contributed by atoms with Gasteiger partial charge in [0.1, 0.15) is 0 Å². The van der Waals surface area contributed by atoms with Crippen molar-refractivity contribution < 1.29 is 16.2 Å². The van der Waals surface area contributed by atoms with Crippen LogP contribution in [-0.2, 0) is 18.2 Å². The second kappa shape index (κ2) is 5.33. The molecular weight excluding hydrogens is 300 g/mol. The Morgan fingerprint density at radius 2 is 2.06 bits per heavy atom. The van der Waals surface area contributed by atoms with Gasteiger partial charge in [0.25, 0.3) is 0 Å².